The molecular weight excluding hydrogens is 166 g/mol. The molecule has 2 N–H and O–H groups in total. The number of hydrogen-bond donors (Lipinski definition) is 1. The lowest BCUT2D eigenvalue weighted by Gasteiger charge is -2.17. The Hall–Kier alpha value is -0.340. The van der Waals surface area contributed by atoms with E-state index in [2.05, 4.69) is 23.8 Å². The Balaban J connectivity index is 1.95. The Kier molecular flexibility index (Phi) is 1.97. The molecule has 0 aliphatic heterocycles. The quantitative estimate of drug-likeness (QED) is 0.761. The van der Waals surface area contributed by atoms with Crippen molar-refractivity contribution < 1.29 is 0 Å². The summed E-state index contributed by atoms with van der Waals surface area (Å²) >= 11 is 1.76. The van der Waals surface area contributed by atoms with Crippen molar-refractivity contribution in [1.82, 2.24) is 0 Å². The third-order valence-electron chi connectivity index (χ3n) is 2.97. The predicted octanol–water partition coefficient (Wildman–Crippen LogP) is 2.42. The topological polar surface area (TPSA) is 26.0 Å². The van der Waals surface area contributed by atoms with Crippen LogP contribution in [0, 0.1) is 5.41 Å². The maximum absolute atomic E-state index is 6.11. The van der Waals surface area contributed by atoms with Crippen molar-refractivity contribution in [2.45, 2.75) is 32.2 Å². The lowest BCUT2D eigenvalue weighted by atomic mass is 9.94. The third-order valence-corrected chi connectivity index (χ3v) is 3.70. The summed E-state index contributed by atoms with van der Waals surface area (Å²) in [6.07, 6.45) is 3.69. The second kappa shape index (κ2) is 2.86. The van der Waals surface area contributed by atoms with Crippen molar-refractivity contribution >= 4 is 11.3 Å². The molecule has 0 radical (unpaired) electrons. The SMILES string of the molecule is CC1(C(N)Cc2ccsc2)CC1. The van der Waals surface area contributed by atoms with Gasteiger partial charge in [0.25, 0.3) is 0 Å². The fraction of sp³-hybridized carbons (Fsp3) is 0.600. The monoisotopic (exact) mass is 181 g/mol. The van der Waals surface area contributed by atoms with Gasteiger partial charge in [0.15, 0.2) is 0 Å². The van der Waals surface area contributed by atoms with E-state index in [0.29, 0.717) is 11.5 Å². The number of hydrogen-bond acceptors (Lipinski definition) is 2. The lowest BCUT2D eigenvalue weighted by Crippen LogP contribution is -2.31. The summed E-state index contributed by atoms with van der Waals surface area (Å²) in [5.41, 5.74) is 7.97. The fourth-order valence-electron chi connectivity index (χ4n) is 1.48. The Morgan fingerprint density at radius 1 is 1.67 bits per heavy atom. The molecular formula is C10H15NS. The lowest BCUT2D eigenvalue weighted by molar-refractivity contribution is 0.433. The van der Waals surface area contributed by atoms with E-state index in [-0.39, 0.29) is 0 Å². The molecule has 0 aromatic carbocycles. The largest absolute Gasteiger partial charge is 0.327 e. The average molecular weight is 181 g/mol. The zero-order valence-electron chi connectivity index (χ0n) is 7.42. The first-order valence-corrected chi connectivity index (χ1v) is 5.42. The summed E-state index contributed by atoms with van der Waals surface area (Å²) in [5, 5.41) is 4.32. The average Bonchev–Trinajstić information content (AvgIpc) is 2.63. The molecule has 1 unspecified atom stereocenters. The summed E-state index contributed by atoms with van der Waals surface area (Å²) in [5.74, 6) is 0. The third kappa shape index (κ3) is 1.54. The molecule has 0 bridgehead atoms. The van der Waals surface area contributed by atoms with E-state index in [1.54, 1.807) is 11.3 Å². The van der Waals surface area contributed by atoms with Gasteiger partial charge in [0.1, 0.15) is 0 Å². The van der Waals surface area contributed by atoms with E-state index in [0.717, 1.165) is 6.42 Å². The maximum Gasteiger partial charge on any atom is 0.0134 e. The van der Waals surface area contributed by atoms with E-state index in [1.165, 1.54) is 18.4 Å². The van der Waals surface area contributed by atoms with Gasteiger partial charge in [-0.05, 0) is 47.1 Å². The molecule has 1 nitrogen and oxygen atoms in total. The van der Waals surface area contributed by atoms with Crippen LogP contribution < -0.4 is 5.73 Å². The maximum atomic E-state index is 6.11. The van der Waals surface area contributed by atoms with Gasteiger partial charge >= 0.3 is 0 Å². The van der Waals surface area contributed by atoms with E-state index in [9.17, 15) is 0 Å². The summed E-state index contributed by atoms with van der Waals surface area (Å²) in [6.45, 7) is 2.30. The van der Waals surface area contributed by atoms with Gasteiger partial charge in [0.05, 0.1) is 0 Å². The Labute approximate surface area is 77.6 Å². The van der Waals surface area contributed by atoms with Crippen molar-refractivity contribution in [3.8, 4) is 0 Å². The number of rotatable bonds is 3. The molecule has 1 aromatic rings. The van der Waals surface area contributed by atoms with Crippen molar-refractivity contribution in [1.29, 1.82) is 0 Å². The van der Waals surface area contributed by atoms with E-state index < -0.39 is 0 Å². The molecule has 0 amide bonds. The smallest absolute Gasteiger partial charge is 0.0134 e. The normalized spacial score (nSPS) is 22.2. The number of nitrogens with two attached hydrogens (primary N) is 1. The van der Waals surface area contributed by atoms with Gasteiger partial charge in [0, 0.05) is 6.04 Å². The molecule has 1 aliphatic carbocycles. The second-order valence-electron chi connectivity index (χ2n) is 4.10. The van der Waals surface area contributed by atoms with Crippen LogP contribution in [-0.2, 0) is 6.42 Å². The van der Waals surface area contributed by atoms with Crippen molar-refractivity contribution in [2.24, 2.45) is 11.1 Å². The molecule has 2 rings (SSSR count). The predicted molar refractivity (Wildman–Crippen MR) is 53.3 cm³/mol. The summed E-state index contributed by atoms with van der Waals surface area (Å²) < 4.78 is 0. The molecule has 2 heteroatoms. The van der Waals surface area contributed by atoms with Gasteiger partial charge < -0.3 is 5.73 Å². The summed E-state index contributed by atoms with van der Waals surface area (Å²) in [7, 11) is 0. The van der Waals surface area contributed by atoms with Gasteiger partial charge in [-0.1, -0.05) is 6.92 Å². The fourth-order valence-corrected chi connectivity index (χ4v) is 2.16. The first-order chi connectivity index (χ1) is 5.71. The van der Waals surface area contributed by atoms with E-state index >= 15 is 0 Å². The Morgan fingerprint density at radius 3 is 2.92 bits per heavy atom. The molecule has 1 fully saturated rings. The minimum Gasteiger partial charge on any atom is -0.327 e. The zero-order chi connectivity index (χ0) is 8.60. The van der Waals surface area contributed by atoms with Crippen LogP contribution in [0.15, 0.2) is 16.8 Å². The Bertz CT molecular complexity index is 249. The van der Waals surface area contributed by atoms with Crippen LogP contribution in [0.1, 0.15) is 25.3 Å². The molecule has 1 aromatic heterocycles. The molecule has 0 saturated heterocycles. The van der Waals surface area contributed by atoms with Crippen molar-refractivity contribution in [3.05, 3.63) is 22.4 Å². The molecule has 1 heterocycles. The van der Waals surface area contributed by atoms with Crippen LogP contribution in [0.4, 0.5) is 0 Å². The summed E-state index contributed by atoms with van der Waals surface area (Å²) in [6, 6.07) is 2.54. The van der Waals surface area contributed by atoms with Gasteiger partial charge in [0.2, 0.25) is 0 Å². The van der Waals surface area contributed by atoms with Crippen molar-refractivity contribution in [2.75, 3.05) is 0 Å². The minimum atomic E-state index is 0.368. The van der Waals surface area contributed by atoms with Crippen molar-refractivity contribution in [3.63, 3.8) is 0 Å². The molecule has 0 spiro atoms. The molecule has 1 aliphatic rings. The van der Waals surface area contributed by atoms with Gasteiger partial charge in [-0.15, -0.1) is 0 Å². The van der Waals surface area contributed by atoms with Crippen LogP contribution in [0.3, 0.4) is 0 Å². The Morgan fingerprint density at radius 2 is 2.42 bits per heavy atom. The van der Waals surface area contributed by atoms with E-state index in [4.69, 9.17) is 5.73 Å². The molecule has 1 saturated carbocycles. The first-order valence-electron chi connectivity index (χ1n) is 4.47. The molecule has 12 heavy (non-hydrogen) atoms. The highest BCUT2D eigenvalue weighted by Crippen LogP contribution is 2.48. The van der Waals surface area contributed by atoms with Gasteiger partial charge in [-0.25, -0.2) is 0 Å². The van der Waals surface area contributed by atoms with Crippen LogP contribution in [0.2, 0.25) is 0 Å². The van der Waals surface area contributed by atoms with Crippen LogP contribution in [0.5, 0.6) is 0 Å². The van der Waals surface area contributed by atoms with Crippen LogP contribution in [0.25, 0.3) is 0 Å². The highest BCUT2D eigenvalue weighted by molar-refractivity contribution is 7.07. The molecule has 66 valence electrons. The second-order valence-corrected chi connectivity index (χ2v) is 4.88. The van der Waals surface area contributed by atoms with E-state index in [1.807, 2.05) is 0 Å². The minimum absolute atomic E-state index is 0.368. The number of thiophene rings is 1. The van der Waals surface area contributed by atoms with Gasteiger partial charge in [-0.2, -0.15) is 11.3 Å². The standard InChI is InChI=1S/C10H15NS/c1-10(3-4-10)9(11)6-8-2-5-12-7-8/h2,5,7,9H,3-4,6,11H2,1H3. The first kappa shape index (κ1) is 8.27. The van der Waals surface area contributed by atoms with Crippen LogP contribution >= 0.6 is 11.3 Å². The molecule has 1 atom stereocenters. The van der Waals surface area contributed by atoms with Gasteiger partial charge in [-0.3, -0.25) is 0 Å². The highest BCUT2D eigenvalue weighted by atomic mass is 32.1. The van der Waals surface area contributed by atoms with Crippen LogP contribution in [-0.4, -0.2) is 6.04 Å². The summed E-state index contributed by atoms with van der Waals surface area (Å²) in [4.78, 5) is 0. The zero-order valence-corrected chi connectivity index (χ0v) is 8.23. The highest BCUT2D eigenvalue weighted by Gasteiger charge is 2.42.